The molecule has 1 atom stereocenters. The highest BCUT2D eigenvalue weighted by Gasteiger charge is 2.25. The number of hydrogen-bond donors (Lipinski definition) is 1. The van der Waals surface area contributed by atoms with Crippen molar-refractivity contribution < 1.29 is 0 Å². The molecule has 0 spiro atoms. The zero-order valence-corrected chi connectivity index (χ0v) is 8.90. The summed E-state index contributed by atoms with van der Waals surface area (Å²) in [5.41, 5.74) is 1.09. The fourth-order valence-corrected chi connectivity index (χ4v) is 1.80. The Labute approximate surface area is 84.7 Å². The molecule has 1 saturated carbocycles. The van der Waals surface area contributed by atoms with Crippen molar-refractivity contribution in [3.8, 4) is 0 Å². The molecule has 4 nitrogen and oxygen atoms in total. The first-order valence-electron chi connectivity index (χ1n) is 5.30. The van der Waals surface area contributed by atoms with Crippen molar-refractivity contribution >= 4 is 0 Å². The van der Waals surface area contributed by atoms with Crippen LogP contribution in [0.4, 0.5) is 0 Å². The van der Waals surface area contributed by atoms with Crippen LogP contribution in [0.5, 0.6) is 0 Å². The second-order valence-corrected chi connectivity index (χ2v) is 4.25. The fraction of sp³-hybridized carbons (Fsp3) is 0.800. The average molecular weight is 194 g/mol. The van der Waals surface area contributed by atoms with Crippen LogP contribution in [-0.4, -0.2) is 28.1 Å². The van der Waals surface area contributed by atoms with Gasteiger partial charge < -0.3 is 5.32 Å². The second-order valence-electron chi connectivity index (χ2n) is 4.25. The van der Waals surface area contributed by atoms with Gasteiger partial charge >= 0.3 is 0 Å². The van der Waals surface area contributed by atoms with E-state index in [9.17, 15) is 0 Å². The standard InChI is InChI=1S/C10H18N4/c1-11-9(5-8-3-4-8)6-10-7-14(2)13-12-10/h7-9,11H,3-6H2,1-2H3. The van der Waals surface area contributed by atoms with Gasteiger partial charge in [0.25, 0.3) is 0 Å². The molecule has 0 saturated heterocycles. The third-order valence-corrected chi connectivity index (χ3v) is 2.83. The van der Waals surface area contributed by atoms with Crippen molar-refractivity contribution in [2.45, 2.75) is 31.7 Å². The first kappa shape index (κ1) is 9.65. The minimum absolute atomic E-state index is 0.569. The van der Waals surface area contributed by atoms with E-state index in [2.05, 4.69) is 15.6 Å². The molecule has 2 rings (SSSR count). The lowest BCUT2D eigenvalue weighted by molar-refractivity contribution is 0.486. The van der Waals surface area contributed by atoms with E-state index in [1.54, 1.807) is 4.68 Å². The molecule has 0 bridgehead atoms. The highest BCUT2D eigenvalue weighted by atomic mass is 15.4. The number of rotatable bonds is 5. The van der Waals surface area contributed by atoms with Gasteiger partial charge in [-0.05, 0) is 19.4 Å². The number of aryl methyl sites for hydroxylation is 1. The van der Waals surface area contributed by atoms with Crippen molar-refractivity contribution in [3.05, 3.63) is 11.9 Å². The lowest BCUT2D eigenvalue weighted by atomic mass is 10.1. The van der Waals surface area contributed by atoms with Gasteiger partial charge in [-0.15, -0.1) is 5.10 Å². The lowest BCUT2D eigenvalue weighted by Crippen LogP contribution is -2.28. The van der Waals surface area contributed by atoms with E-state index < -0.39 is 0 Å². The predicted molar refractivity (Wildman–Crippen MR) is 54.9 cm³/mol. The highest BCUT2D eigenvalue weighted by molar-refractivity contribution is 4.96. The number of aromatic nitrogens is 3. The van der Waals surface area contributed by atoms with Crippen molar-refractivity contribution in [2.24, 2.45) is 13.0 Å². The topological polar surface area (TPSA) is 42.7 Å². The summed E-state index contributed by atoms with van der Waals surface area (Å²) in [6, 6.07) is 0.569. The molecule has 1 fully saturated rings. The van der Waals surface area contributed by atoms with E-state index in [-0.39, 0.29) is 0 Å². The molecule has 1 aromatic rings. The van der Waals surface area contributed by atoms with Crippen LogP contribution in [-0.2, 0) is 13.5 Å². The monoisotopic (exact) mass is 194 g/mol. The van der Waals surface area contributed by atoms with Gasteiger partial charge in [0.2, 0.25) is 0 Å². The molecule has 0 radical (unpaired) electrons. The summed E-state index contributed by atoms with van der Waals surface area (Å²) in [6.45, 7) is 0. The molecular formula is C10H18N4. The minimum Gasteiger partial charge on any atom is -0.317 e. The van der Waals surface area contributed by atoms with Crippen LogP contribution in [0.15, 0.2) is 6.20 Å². The highest BCUT2D eigenvalue weighted by Crippen LogP contribution is 2.33. The number of hydrogen-bond acceptors (Lipinski definition) is 3. The van der Waals surface area contributed by atoms with Crippen LogP contribution < -0.4 is 5.32 Å². The average Bonchev–Trinajstić information content (AvgIpc) is 2.89. The van der Waals surface area contributed by atoms with Crippen molar-refractivity contribution in [1.82, 2.24) is 20.3 Å². The van der Waals surface area contributed by atoms with E-state index in [1.165, 1.54) is 19.3 Å². The summed E-state index contributed by atoms with van der Waals surface area (Å²) < 4.78 is 1.76. The Morgan fingerprint density at radius 1 is 1.64 bits per heavy atom. The Morgan fingerprint density at radius 3 is 2.93 bits per heavy atom. The zero-order valence-electron chi connectivity index (χ0n) is 8.90. The van der Waals surface area contributed by atoms with Gasteiger partial charge in [0, 0.05) is 25.7 Å². The van der Waals surface area contributed by atoms with Crippen LogP contribution in [0.1, 0.15) is 25.0 Å². The third-order valence-electron chi connectivity index (χ3n) is 2.83. The summed E-state index contributed by atoms with van der Waals surface area (Å²) in [4.78, 5) is 0. The molecule has 14 heavy (non-hydrogen) atoms. The SMILES string of the molecule is CNC(Cc1cn(C)nn1)CC1CC1. The van der Waals surface area contributed by atoms with Crippen molar-refractivity contribution in [3.63, 3.8) is 0 Å². The molecular weight excluding hydrogens is 176 g/mol. The van der Waals surface area contributed by atoms with Gasteiger partial charge in [-0.3, -0.25) is 4.68 Å². The molecule has 1 aliphatic rings. The van der Waals surface area contributed by atoms with Gasteiger partial charge in [0.05, 0.1) is 5.69 Å². The predicted octanol–water partition coefficient (Wildman–Crippen LogP) is 0.746. The van der Waals surface area contributed by atoms with Crippen LogP contribution in [0.25, 0.3) is 0 Å². The summed E-state index contributed by atoms with van der Waals surface area (Å²) in [6.07, 6.45) is 7.11. The molecule has 1 aromatic heterocycles. The molecule has 1 aliphatic carbocycles. The maximum absolute atomic E-state index is 4.10. The first-order valence-corrected chi connectivity index (χ1v) is 5.30. The van der Waals surface area contributed by atoms with Crippen LogP contribution in [0, 0.1) is 5.92 Å². The van der Waals surface area contributed by atoms with Crippen LogP contribution in [0.3, 0.4) is 0 Å². The number of nitrogens with one attached hydrogen (secondary N) is 1. The van der Waals surface area contributed by atoms with E-state index in [4.69, 9.17) is 0 Å². The molecule has 78 valence electrons. The summed E-state index contributed by atoms with van der Waals surface area (Å²) in [5.74, 6) is 0.962. The molecule has 0 aliphatic heterocycles. The smallest absolute Gasteiger partial charge is 0.0842 e. The van der Waals surface area contributed by atoms with Gasteiger partial charge in [0.1, 0.15) is 0 Å². The summed E-state index contributed by atoms with van der Waals surface area (Å²) >= 11 is 0. The van der Waals surface area contributed by atoms with Crippen molar-refractivity contribution in [2.75, 3.05) is 7.05 Å². The molecule has 1 unspecified atom stereocenters. The summed E-state index contributed by atoms with van der Waals surface area (Å²) in [7, 11) is 3.94. The maximum Gasteiger partial charge on any atom is 0.0842 e. The van der Waals surface area contributed by atoms with E-state index in [1.807, 2.05) is 20.3 Å². The Hall–Kier alpha value is -0.900. The van der Waals surface area contributed by atoms with Gasteiger partial charge in [-0.2, -0.15) is 0 Å². The first-order chi connectivity index (χ1) is 6.78. The quantitative estimate of drug-likeness (QED) is 0.752. The molecule has 4 heteroatoms. The summed E-state index contributed by atoms with van der Waals surface area (Å²) in [5, 5.41) is 11.4. The maximum atomic E-state index is 4.10. The lowest BCUT2D eigenvalue weighted by Gasteiger charge is -2.13. The molecule has 0 amide bonds. The molecule has 1 heterocycles. The van der Waals surface area contributed by atoms with E-state index >= 15 is 0 Å². The van der Waals surface area contributed by atoms with E-state index in [0.29, 0.717) is 6.04 Å². The Kier molecular flexibility index (Phi) is 2.82. The van der Waals surface area contributed by atoms with Crippen molar-refractivity contribution in [1.29, 1.82) is 0 Å². The Balaban J connectivity index is 1.86. The molecule has 1 N–H and O–H groups in total. The number of likely N-dealkylation sites (N-methyl/N-ethyl adjacent to an activating group) is 1. The Bertz CT molecular complexity index is 290. The normalized spacial score (nSPS) is 18.4. The van der Waals surface area contributed by atoms with Gasteiger partial charge in [-0.25, -0.2) is 0 Å². The second kappa shape index (κ2) is 4.09. The van der Waals surface area contributed by atoms with Gasteiger partial charge in [0.15, 0.2) is 0 Å². The number of nitrogens with zero attached hydrogens (tertiary/aromatic N) is 3. The van der Waals surface area contributed by atoms with Gasteiger partial charge in [-0.1, -0.05) is 18.1 Å². The largest absolute Gasteiger partial charge is 0.317 e. The fourth-order valence-electron chi connectivity index (χ4n) is 1.80. The van der Waals surface area contributed by atoms with E-state index in [0.717, 1.165) is 18.0 Å². The van der Waals surface area contributed by atoms with Crippen LogP contribution >= 0.6 is 0 Å². The third kappa shape index (κ3) is 2.54. The zero-order chi connectivity index (χ0) is 9.97. The Morgan fingerprint density at radius 2 is 2.43 bits per heavy atom. The van der Waals surface area contributed by atoms with Crippen LogP contribution in [0.2, 0.25) is 0 Å². The minimum atomic E-state index is 0.569. The molecule has 0 aromatic carbocycles.